The number of carbonyl (C=O) groups excluding carboxylic acids is 1. The molecule has 1 aromatic carbocycles. The van der Waals surface area contributed by atoms with Gasteiger partial charge in [0.05, 0.1) is 23.1 Å². The lowest BCUT2D eigenvalue weighted by Crippen LogP contribution is -2.38. The molecular weight excluding hydrogens is 356 g/mol. The lowest BCUT2D eigenvalue weighted by atomic mass is 9.89. The standard InChI is InChI=1S/C21H22N4O3/c1-12(2)25-19-17(11-22-25)16(10-13(3)23-19)20(26)24-9-8-15(21(27)28)14-6-4-5-7-18(14)24/h4-7,10-12,15H,8-9H2,1-3H3,(H,27,28). The average Bonchev–Trinajstić information content (AvgIpc) is 3.09. The number of nitrogens with zero attached hydrogens (tertiary/aromatic N) is 4. The molecule has 1 amide bonds. The van der Waals surface area contributed by atoms with Crippen LogP contribution >= 0.6 is 0 Å². The zero-order chi connectivity index (χ0) is 20.0. The van der Waals surface area contributed by atoms with Crippen molar-refractivity contribution in [1.82, 2.24) is 14.8 Å². The molecule has 0 fully saturated rings. The molecule has 4 rings (SSSR count). The van der Waals surface area contributed by atoms with Crippen molar-refractivity contribution >= 4 is 28.6 Å². The predicted octanol–water partition coefficient (Wildman–Crippen LogP) is 3.54. The van der Waals surface area contributed by atoms with Crippen molar-refractivity contribution in [3.63, 3.8) is 0 Å². The maximum Gasteiger partial charge on any atom is 0.311 e. The molecule has 3 aromatic rings. The lowest BCUT2D eigenvalue weighted by molar-refractivity contribution is -0.139. The number of pyridine rings is 1. The fraction of sp³-hybridized carbons (Fsp3) is 0.333. The summed E-state index contributed by atoms with van der Waals surface area (Å²) >= 11 is 0. The van der Waals surface area contributed by atoms with Crippen LogP contribution in [-0.2, 0) is 4.79 Å². The van der Waals surface area contributed by atoms with Crippen molar-refractivity contribution in [3.8, 4) is 0 Å². The number of hydrogen-bond acceptors (Lipinski definition) is 4. The molecule has 1 atom stereocenters. The van der Waals surface area contributed by atoms with Crippen molar-refractivity contribution in [3.05, 3.63) is 53.3 Å². The number of carboxylic acid groups (broad SMARTS) is 1. The molecule has 0 bridgehead atoms. The second-order valence-electron chi connectivity index (χ2n) is 7.43. The van der Waals surface area contributed by atoms with E-state index in [4.69, 9.17) is 0 Å². The molecule has 0 radical (unpaired) electrons. The van der Waals surface area contributed by atoms with Gasteiger partial charge in [-0.05, 0) is 44.9 Å². The number of aryl methyl sites for hydroxylation is 1. The first-order valence-corrected chi connectivity index (χ1v) is 9.37. The SMILES string of the molecule is Cc1cc(C(=O)N2CCC(C(=O)O)c3ccccc32)c2cnn(C(C)C)c2n1. The van der Waals surface area contributed by atoms with Crippen molar-refractivity contribution < 1.29 is 14.7 Å². The summed E-state index contributed by atoms with van der Waals surface area (Å²) in [5, 5.41) is 14.7. The van der Waals surface area contributed by atoms with Gasteiger partial charge in [0.25, 0.3) is 5.91 Å². The van der Waals surface area contributed by atoms with Gasteiger partial charge in [0.15, 0.2) is 5.65 Å². The maximum atomic E-state index is 13.5. The number of rotatable bonds is 3. The third kappa shape index (κ3) is 2.83. The Morgan fingerprint density at radius 1 is 1.25 bits per heavy atom. The van der Waals surface area contributed by atoms with Gasteiger partial charge in [0.2, 0.25) is 0 Å². The Morgan fingerprint density at radius 3 is 2.71 bits per heavy atom. The number of amides is 1. The fourth-order valence-corrected chi connectivity index (χ4v) is 3.87. The largest absolute Gasteiger partial charge is 0.481 e. The first-order chi connectivity index (χ1) is 13.4. The van der Waals surface area contributed by atoms with Crippen LogP contribution in [0.5, 0.6) is 0 Å². The van der Waals surface area contributed by atoms with Crippen molar-refractivity contribution in [2.45, 2.75) is 39.2 Å². The highest BCUT2D eigenvalue weighted by Gasteiger charge is 2.33. The molecule has 0 aliphatic carbocycles. The van der Waals surface area contributed by atoms with Gasteiger partial charge in [-0.25, -0.2) is 9.67 Å². The first kappa shape index (κ1) is 18.2. The molecule has 7 heteroatoms. The molecule has 1 N–H and O–H groups in total. The fourth-order valence-electron chi connectivity index (χ4n) is 3.87. The number of anilines is 1. The Morgan fingerprint density at radius 2 is 2.00 bits per heavy atom. The van der Waals surface area contributed by atoms with Gasteiger partial charge >= 0.3 is 5.97 Å². The average molecular weight is 378 g/mol. The van der Waals surface area contributed by atoms with E-state index in [0.29, 0.717) is 40.8 Å². The highest BCUT2D eigenvalue weighted by atomic mass is 16.4. The van der Waals surface area contributed by atoms with Gasteiger partial charge in [-0.2, -0.15) is 5.10 Å². The van der Waals surface area contributed by atoms with Gasteiger partial charge in [-0.1, -0.05) is 18.2 Å². The monoisotopic (exact) mass is 378 g/mol. The molecule has 0 saturated heterocycles. The Balaban J connectivity index is 1.82. The smallest absolute Gasteiger partial charge is 0.311 e. The van der Waals surface area contributed by atoms with Crippen LogP contribution in [0.25, 0.3) is 11.0 Å². The summed E-state index contributed by atoms with van der Waals surface area (Å²) in [6.45, 7) is 6.25. The van der Waals surface area contributed by atoms with Crippen LogP contribution in [0.15, 0.2) is 36.5 Å². The van der Waals surface area contributed by atoms with Gasteiger partial charge in [0, 0.05) is 24.0 Å². The van der Waals surface area contributed by atoms with E-state index in [9.17, 15) is 14.7 Å². The highest BCUT2D eigenvalue weighted by molar-refractivity contribution is 6.14. The number of carbonyl (C=O) groups is 2. The molecular formula is C21H22N4O3. The minimum atomic E-state index is -0.861. The third-order valence-corrected chi connectivity index (χ3v) is 5.20. The van der Waals surface area contributed by atoms with Gasteiger partial charge in [-0.3, -0.25) is 9.59 Å². The molecule has 1 aliphatic heterocycles. The molecule has 1 aliphatic rings. The van der Waals surface area contributed by atoms with E-state index < -0.39 is 11.9 Å². The van der Waals surface area contributed by atoms with Crippen LogP contribution < -0.4 is 4.90 Å². The predicted molar refractivity (Wildman–Crippen MR) is 106 cm³/mol. The van der Waals surface area contributed by atoms with Crippen LogP contribution in [0, 0.1) is 6.92 Å². The minimum Gasteiger partial charge on any atom is -0.481 e. The number of benzene rings is 1. The molecule has 7 nitrogen and oxygen atoms in total. The Kier molecular flexibility index (Phi) is 4.37. The highest BCUT2D eigenvalue weighted by Crippen LogP contribution is 2.36. The zero-order valence-electron chi connectivity index (χ0n) is 16.1. The minimum absolute atomic E-state index is 0.127. The van der Waals surface area contributed by atoms with Crippen molar-refractivity contribution in [1.29, 1.82) is 0 Å². The molecule has 2 aromatic heterocycles. The Labute approximate surface area is 162 Å². The summed E-state index contributed by atoms with van der Waals surface area (Å²) in [5.41, 5.74) is 3.30. The summed E-state index contributed by atoms with van der Waals surface area (Å²) in [6.07, 6.45) is 2.07. The van der Waals surface area contributed by atoms with Crippen LogP contribution in [-0.4, -0.2) is 38.3 Å². The summed E-state index contributed by atoms with van der Waals surface area (Å²) in [6, 6.07) is 9.14. The van der Waals surface area contributed by atoms with E-state index in [2.05, 4.69) is 10.1 Å². The topological polar surface area (TPSA) is 88.3 Å². The Bertz CT molecular complexity index is 1090. The van der Waals surface area contributed by atoms with E-state index in [0.717, 1.165) is 5.69 Å². The number of fused-ring (bicyclic) bond motifs is 2. The van der Waals surface area contributed by atoms with Crippen molar-refractivity contribution in [2.24, 2.45) is 0 Å². The van der Waals surface area contributed by atoms with Gasteiger partial charge in [0.1, 0.15) is 0 Å². The number of aliphatic carboxylic acids is 1. The first-order valence-electron chi connectivity index (χ1n) is 9.37. The van der Waals surface area contributed by atoms with Crippen LogP contribution in [0.3, 0.4) is 0 Å². The molecule has 1 unspecified atom stereocenters. The van der Waals surface area contributed by atoms with E-state index >= 15 is 0 Å². The zero-order valence-corrected chi connectivity index (χ0v) is 16.1. The van der Waals surface area contributed by atoms with Gasteiger partial charge in [-0.15, -0.1) is 0 Å². The number of aromatic nitrogens is 3. The summed E-state index contributed by atoms with van der Waals surface area (Å²) in [7, 11) is 0. The summed E-state index contributed by atoms with van der Waals surface area (Å²) in [4.78, 5) is 31.4. The van der Waals surface area contributed by atoms with E-state index in [1.54, 1.807) is 23.2 Å². The maximum absolute atomic E-state index is 13.5. The summed E-state index contributed by atoms with van der Waals surface area (Å²) < 4.78 is 1.81. The summed E-state index contributed by atoms with van der Waals surface area (Å²) in [5.74, 6) is -1.61. The molecule has 28 heavy (non-hydrogen) atoms. The van der Waals surface area contributed by atoms with E-state index in [-0.39, 0.29) is 11.9 Å². The quantitative estimate of drug-likeness (QED) is 0.753. The van der Waals surface area contributed by atoms with Crippen LogP contribution in [0.2, 0.25) is 0 Å². The number of carboxylic acids is 1. The second kappa shape index (κ2) is 6.74. The Hall–Kier alpha value is -3.22. The normalized spacial score (nSPS) is 16.4. The third-order valence-electron chi connectivity index (χ3n) is 5.20. The van der Waals surface area contributed by atoms with Crippen LogP contribution in [0.1, 0.15) is 53.8 Å². The van der Waals surface area contributed by atoms with Crippen LogP contribution in [0.4, 0.5) is 5.69 Å². The van der Waals surface area contributed by atoms with Gasteiger partial charge < -0.3 is 10.0 Å². The molecule has 0 saturated carbocycles. The van der Waals surface area contributed by atoms with E-state index in [1.165, 1.54) is 0 Å². The van der Waals surface area contributed by atoms with Crippen molar-refractivity contribution in [2.75, 3.05) is 11.4 Å². The van der Waals surface area contributed by atoms with E-state index in [1.807, 2.05) is 43.7 Å². The molecule has 144 valence electrons. The number of para-hydroxylation sites is 1. The lowest BCUT2D eigenvalue weighted by Gasteiger charge is -2.32. The number of hydrogen-bond donors (Lipinski definition) is 1. The second-order valence-corrected chi connectivity index (χ2v) is 7.43. The molecule has 0 spiro atoms. The molecule has 3 heterocycles.